The minimum Gasteiger partial charge on any atom is -0.382 e. The van der Waals surface area contributed by atoms with Crippen molar-refractivity contribution in [1.29, 1.82) is 0 Å². The first-order chi connectivity index (χ1) is 8.15. The molecule has 90 valence electrons. The number of aromatic amines is 1. The summed E-state index contributed by atoms with van der Waals surface area (Å²) in [5.74, 6) is 0.0880. The molecule has 2 aromatic heterocycles. The second-order valence-corrected chi connectivity index (χ2v) is 3.69. The summed E-state index contributed by atoms with van der Waals surface area (Å²) in [5.41, 5.74) is 6.71. The van der Waals surface area contributed by atoms with Gasteiger partial charge in [0.05, 0.1) is 5.69 Å². The van der Waals surface area contributed by atoms with Crippen molar-refractivity contribution in [2.45, 2.75) is 6.42 Å². The summed E-state index contributed by atoms with van der Waals surface area (Å²) in [7, 11) is 1.86. The Morgan fingerprint density at radius 3 is 3.06 bits per heavy atom. The van der Waals surface area contributed by atoms with Crippen molar-refractivity contribution < 1.29 is 4.79 Å². The van der Waals surface area contributed by atoms with Crippen LogP contribution in [0.3, 0.4) is 0 Å². The van der Waals surface area contributed by atoms with E-state index in [4.69, 9.17) is 5.73 Å². The van der Waals surface area contributed by atoms with E-state index < -0.39 is 0 Å². The molecule has 7 nitrogen and oxygen atoms in total. The third-order valence-electron chi connectivity index (χ3n) is 2.28. The van der Waals surface area contributed by atoms with Crippen molar-refractivity contribution in [3.8, 4) is 0 Å². The molecule has 0 fully saturated rings. The van der Waals surface area contributed by atoms with E-state index >= 15 is 0 Å². The molecule has 2 aromatic rings. The largest absolute Gasteiger partial charge is 0.382 e. The molecule has 0 aliphatic carbocycles. The second kappa shape index (κ2) is 4.69. The molecule has 0 saturated carbocycles. The number of nitrogen functional groups attached to an aromatic ring is 1. The molecule has 2 rings (SSSR count). The summed E-state index contributed by atoms with van der Waals surface area (Å²) in [6.45, 7) is 0.523. The minimum atomic E-state index is -0.217. The van der Waals surface area contributed by atoms with Crippen LogP contribution in [0.1, 0.15) is 16.2 Å². The minimum absolute atomic E-state index is 0.217. The number of amides is 1. The molecule has 0 aliphatic heterocycles. The number of carbonyl (C=O) groups is 1. The van der Waals surface area contributed by atoms with Crippen LogP contribution in [0.4, 0.5) is 5.82 Å². The van der Waals surface area contributed by atoms with E-state index in [0.29, 0.717) is 24.5 Å². The fraction of sp³-hybridized carbons (Fsp3) is 0.300. The Kier molecular flexibility index (Phi) is 3.08. The van der Waals surface area contributed by atoms with Gasteiger partial charge in [0, 0.05) is 32.3 Å². The molecule has 2 heterocycles. The van der Waals surface area contributed by atoms with Crippen LogP contribution in [0.2, 0.25) is 0 Å². The maximum atomic E-state index is 11.6. The molecule has 0 spiro atoms. The van der Waals surface area contributed by atoms with Crippen LogP contribution in [0.15, 0.2) is 18.3 Å². The van der Waals surface area contributed by atoms with Crippen LogP contribution < -0.4 is 11.1 Å². The number of hydrogen-bond donors (Lipinski definition) is 3. The molecule has 7 heteroatoms. The summed E-state index contributed by atoms with van der Waals surface area (Å²) in [6.07, 6.45) is 2.56. The van der Waals surface area contributed by atoms with E-state index in [9.17, 15) is 4.79 Å². The zero-order valence-electron chi connectivity index (χ0n) is 9.47. The number of hydrogen-bond acceptors (Lipinski definition) is 4. The van der Waals surface area contributed by atoms with Gasteiger partial charge in [-0.15, -0.1) is 0 Å². The van der Waals surface area contributed by atoms with Crippen LogP contribution in [-0.4, -0.2) is 32.4 Å². The van der Waals surface area contributed by atoms with Crippen molar-refractivity contribution in [3.05, 3.63) is 29.7 Å². The molecular weight excluding hydrogens is 220 g/mol. The molecule has 17 heavy (non-hydrogen) atoms. The van der Waals surface area contributed by atoms with E-state index in [1.165, 1.54) is 6.07 Å². The van der Waals surface area contributed by atoms with Gasteiger partial charge in [0.2, 0.25) is 0 Å². The number of aromatic nitrogens is 4. The number of nitrogens with one attached hydrogen (secondary N) is 2. The van der Waals surface area contributed by atoms with Crippen LogP contribution in [0.25, 0.3) is 0 Å². The van der Waals surface area contributed by atoms with E-state index in [2.05, 4.69) is 20.6 Å². The molecule has 0 radical (unpaired) electrons. The quantitative estimate of drug-likeness (QED) is 0.675. The van der Waals surface area contributed by atoms with Gasteiger partial charge in [0.1, 0.15) is 11.5 Å². The molecule has 1 amide bonds. The Labute approximate surface area is 98.0 Å². The lowest BCUT2D eigenvalue weighted by atomic mass is 10.3. The summed E-state index contributed by atoms with van der Waals surface area (Å²) >= 11 is 0. The van der Waals surface area contributed by atoms with Gasteiger partial charge in [-0.2, -0.15) is 10.2 Å². The van der Waals surface area contributed by atoms with Crippen molar-refractivity contribution >= 4 is 11.7 Å². The molecule has 0 aromatic carbocycles. The lowest BCUT2D eigenvalue weighted by molar-refractivity contribution is 0.0949. The van der Waals surface area contributed by atoms with Crippen molar-refractivity contribution in [3.63, 3.8) is 0 Å². The SMILES string of the molecule is Cn1ccc(CCNC(=O)c2cc(N)n[nH]2)n1. The van der Waals surface area contributed by atoms with E-state index in [-0.39, 0.29) is 5.91 Å². The topological polar surface area (TPSA) is 102 Å². The van der Waals surface area contributed by atoms with Gasteiger partial charge in [-0.1, -0.05) is 0 Å². The highest BCUT2D eigenvalue weighted by atomic mass is 16.1. The summed E-state index contributed by atoms with van der Waals surface area (Å²) < 4.78 is 1.73. The van der Waals surface area contributed by atoms with Crippen molar-refractivity contribution in [2.24, 2.45) is 7.05 Å². The number of carbonyl (C=O) groups excluding carboxylic acids is 1. The highest BCUT2D eigenvalue weighted by Gasteiger charge is 2.07. The maximum absolute atomic E-state index is 11.6. The predicted molar refractivity (Wildman–Crippen MR) is 62.2 cm³/mol. The lowest BCUT2D eigenvalue weighted by Crippen LogP contribution is -2.26. The first kappa shape index (κ1) is 11.2. The monoisotopic (exact) mass is 234 g/mol. The van der Waals surface area contributed by atoms with Crippen molar-refractivity contribution in [2.75, 3.05) is 12.3 Å². The smallest absolute Gasteiger partial charge is 0.269 e. The second-order valence-electron chi connectivity index (χ2n) is 3.69. The van der Waals surface area contributed by atoms with Gasteiger partial charge < -0.3 is 11.1 Å². The van der Waals surface area contributed by atoms with Gasteiger partial charge in [0.25, 0.3) is 5.91 Å². The Morgan fingerprint density at radius 2 is 2.47 bits per heavy atom. The normalized spacial score (nSPS) is 10.4. The van der Waals surface area contributed by atoms with Crippen molar-refractivity contribution in [1.82, 2.24) is 25.3 Å². The summed E-state index contributed by atoms with van der Waals surface area (Å²) in [5, 5.41) is 13.2. The van der Waals surface area contributed by atoms with E-state index in [1.807, 2.05) is 19.3 Å². The maximum Gasteiger partial charge on any atom is 0.269 e. The Bertz CT molecular complexity index is 514. The third-order valence-corrected chi connectivity index (χ3v) is 2.28. The molecule has 0 saturated heterocycles. The van der Waals surface area contributed by atoms with Gasteiger partial charge in [-0.05, 0) is 6.07 Å². The van der Waals surface area contributed by atoms with Gasteiger partial charge in [0.15, 0.2) is 0 Å². The Morgan fingerprint density at radius 1 is 1.65 bits per heavy atom. The molecule has 0 unspecified atom stereocenters. The highest BCUT2D eigenvalue weighted by molar-refractivity contribution is 5.92. The first-order valence-corrected chi connectivity index (χ1v) is 5.23. The highest BCUT2D eigenvalue weighted by Crippen LogP contribution is 2.00. The summed E-state index contributed by atoms with van der Waals surface area (Å²) in [6, 6.07) is 3.41. The zero-order valence-corrected chi connectivity index (χ0v) is 9.47. The van der Waals surface area contributed by atoms with Gasteiger partial charge >= 0.3 is 0 Å². The number of rotatable bonds is 4. The van der Waals surface area contributed by atoms with Crippen LogP contribution >= 0.6 is 0 Å². The lowest BCUT2D eigenvalue weighted by Gasteiger charge is -2.01. The molecule has 0 atom stereocenters. The standard InChI is InChI=1S/C10H14N6O/c1-16-5-3-7(15-16)2-4-12-10(17)8-6-9(11)14-13-8/h3,5-6H,2,4H2,1H3,(H,12,17)(H3,11,13,14). The number of anilines is 1. The molecular formula is C10H14N6O. The Hall–Kier alpha value is -2.31. The predicted octanol–water partition coefficient (Wildman–Crippen LogP) is -0.302. The number of aryl methyl sites for hydroxylation is 1. The van der Waals surface area contributed by atoms with Crippen LogP contribution in [0.5, 0.6) is 0 Å². The molecule has 4 N–H and O–H groups in total. The van der Waals surface area contributed by atoms with Crippen LogP contribution in [-0.2, 0) is 13.5 Å². The van der Waals surface area contributed by atoms with Crippen LogP contribution in [0, 0.1) is 0 Å². The molecule has 0 bridgehead atoms. The molecule has 0 aliphatic rings. The number of H-pyrrole nitrogens is 1. The fourth-order valence-corrected chi connectivity index (χ4v) is 1.45. The van der Waals surface area contributed by atoms with Gasteiger partial charge in [-0.3, -0.25) is 14.6 Å². The third kappa shape index (κ3) is 2.83. The fourth-order valence-electron chi connectivity index (χ4n) is 1.45. The average molecular weight is 234 g/mol. The number of nitrogens with two attached hydrogens (primary N) is 1. The van der Waals surface area contributed by atoms with E-state index in [0.717, 1.165) is 5.69 Å². The van der Waals surface area contributed by atoms with E-state index in [1.54, 1.807) is 4.68 Å². The first-order valence-electron chi connectivity index (χ1n) is 5.23. The average Bonchev–Trinajstić information content (AvgIpc) is 2.88. The number of nitrogens with zero attached hydrogens (tertiary/aromatic N) is 3. The Balaban J connectivity index is 1.81. The zero-order chi connectivity index (χ0) is 12.3. The summed E-state index contributed by atoms with van der Waals surface area (Å²) in [4.78, 5) is 11.6. The van der Waals surface area contributed by atoms with Gasteiger partial charge in [-0.25, -0.2) is 0 Å².